The van der Waals surface area contributed by atoms with Crippen LogP contribution in [0.25, 0.3) is 0 Å². The lowest BCUT2D eigenvalue weighted by molar-refractivity contribution is -0.137. The largest absolute Gasteiger partial charge is 0.491 e. The average Bonchev–Trinajstić information content (AvgIpc) is 2.36. The summed E-state index contributed by atoms with van der Waals surface area (Å²) in [5.41, 5.74) is 0.288. The Morgan fingerprint density at radius 1 is 1.18 bits per heavy atom. The summed E-state index contributed by atoms with van der Waals surface area (Å²) < 4.78 is 5.55. The van der Waals surface area contributed by atoms with E-state index >= 15 is 0 Å². The maximum Gasteiger partial charge on any atom is 0.244 e. The van der Waals surface area contributed by atoms with Crippen LogP contribution in [0.5, 0.6) is 5.75 Å². The second kappa shape index (κ2) is 7.29. The van der Waals surface area contributed by atoms with Gasteiger partial charge in [0.1, 0.15) is 12.3 Å². The number of benzene rings is 1. The fourth-order valence-electron chi connectivity index (χ4n) is 2.05. The molecule has 2 amide bonds. The standard InChI is InChI=1S/C17H26N2O3/c1-12(2)22-15-9-7-14(8-10-15)18-16(21)11-19(13(3)20)17(4,5)6/h7-10,12H,11H2,1-6H3,(H,18,21). The number of amides is 2. The number of rotatable bonds is 5. The minimum absolute atomic E-state index is 0.0308. The highest BCUT2D eigenvalue weighted by atomic mass is 16.5. The molecule has 1 rings (SSSR count). The fourth-order valence-corrected chi connectivity index (χ4v) is 2.05. The Balaban J connectivity index is 2.66. The zero-order valence-electron chi connectivity index (χ0n) is 14.3. The fraction of sp³-hybridized carbons (Fsp3) is 0.529. The molecule has 0 spiro atoms. The Bertz CT molecular complexity index is 516. The minimum Gasteiger partial charge on any atom is -0.491 e. The van der Waals surface area contributed by atoms with Gasteiger partial charge in [-0.1, -0.05) is 0 Å². The van der Waals surface area contributed by atoms with Gasteiger partial charge in [0, 0.05) is 18.2 Å². The first-order chi connectivity index (χ1) is 10.1. The number of nitrogens with zero attached hydrogens (tertiary/aromatic N) is 1. The number of carbonyl (C=O) groups excluding carboxylic acids is 2. The number of hydrogen-bond donors (Lipinski definition) is 1. The van der Waals surface area contributed by atoms with Crippen LogP contribution < -0.4 is 10.1 Å². The maximum absolute atomic E-state index is 12.1. The highest BCUT2D eigenvalue weighted by Gasteiger charge is 2.25. The van der Waals surface area contributed by atoms with Gasteiger partial charge in [0.05, 0.1) is 6.10 Å². The van der Waals surface area contributed by atoms with Crippen LogP contribution in [0.2, 0.25) is 0 Å². The van der Waals surface area contributed by atoms with E-state index in [4.69, 9.17) is 4.74 Å². The molecule has 0 fully saturated rings. The third-order valence-electron chi connectivity index (χ3n) is 3.00. The summed E-state index contributed by atoms with van der Waals surface area (Å²) in [6, 6.07) is 7.18. The van der Waals surface area contributed by atoms with E-state index < -0.39 is 5.54 Å². The summed E-state index contributed by atoms with van der Waals surface area (Å²) in [6.07, 6.45) is 0.108. The van der Waals surface area contributed by atoms with Crippen molar-refractivity contribution < 1.29 is 14.3 Å². The summed E-state index contributed by atoms with van der Waals surface area (Å²) in [6.45, 7) is 11.1. The first-order valence-corrected chi connectivity index (χ1v) is 7.44. The predicted octanol–water partition coefficient (Wildman–Crippen LogP) is 3.06. The predicted molar refractivity (Wildman–Crippen MR) is 88.0 cm³/mol. The lowest BCUT2D eigenvalue weighted by atomic mass is 10.1. The molecule has 0 aromatic heterocycles. The second-order valence-corrected chi connectivity index (χ2v) is 6.52. The third kappa shape index (κ3) is 5.76. The first kappa shape index (κ1) is 18.0. The molecular weight excluding hydrogens is 280 g/mol. The summed E-state index contributed by atoms with van der Waals surface area (Å²) in [5.74, 6) is 0.416. The summed E-state index contributed by atoms with van der Waals surface area (Å²) in [4.78, 5) is 25.3. The van der Waals surface area contributed by atoms with Gasteiger partial charge in [-0.15, -0.1) is 0 Å². The quantitative estimate of drug-likeness (QED) is 0.909. The summed E-state index contributed by atoms with van der Waals surface area (Å²) >= 11 is 0. The number of ether oxygens (including phenoxy) is 1. The van der Waals surface area contributed by atoms with E-state index in [1.54, 1.807) is 17.0 Å². The van der Waals surface area contributed by atoms with Crippen LogP contribution in [0, 0.1) is 0 Å². The number of anilines is 1. The van der Waals surface area contributed by atoms with Gasteiger partial charge in [0.15, 0.2) is 0 Å². The average molecular weight is 306 g/mol. The Morgan fingerprint density at radius 2 is 1.73 bits per heavy atom. The zero-order chi connectivity index (χ0) is 16.9. The van der Waals surface area contributed by atoms with Crippen LogP contribution in [0.4, 0.5) is 5.69 Å². The van der Waals surface area contributed by atoms with E-state index in [2.05, 4.69) is 5.32 Å². The Hall–Kier alpha value is -2.04. The van der Waals surface area contributed by atoms with Crippen molar-refractivity contribution in [1.82, 2.24) is 4.90 Å². The molecule has 0 aliphatic carbocycles. The normalized spacial score (nSPS) is 11.2. The van der Waals surface area contributed by atoms with Crippen LogP contribution in [0.3, 0.4) is 0 Å². The van der Waals surface area contributed by atoms with Crippen molar-refractivity contribution in [1.29, 1.82) is 0 Å². The number of hydrogen-bond acceptors (Lipinski definition) is 3. The van der Waals surface area contributed by atoms with Crippen molar-refractivity contribution in [2.45, 2.75) is 53.2 Å². The molecule has 22 heavy (non-hydrogen) atoms. The topological polar surface area (TPSA) is 58.6 Å². The van der Waals surface area contributed by atoms with E-state index in [1.165, 1.54) is 6.92 Å². The van der Waals surface area contributed by atoms with Crippen molar-refractivity contribution in [3.8, 4) is 5.75 Å². The van der Waals surface area contributed by atoms with Crippen molar-refractivity contribution in [3.63, 3.8) is 0 Å². The van der Waals surface area contributed by atoms with Crippen LogP contribution in [-0.4, -0.2) is 34.9 Å². The maximum atomic E-state index is 12.1. The highest BCUT2D eigenvalue weighted by Crippen LogP contribution is 2.18. The molecule has 5 heteroatoms. The van der Waals surface area contributed by atoms with Gasteiger partial charge >= 0.3 is 0 Å². The Kier molecular flexibility index (Phi) is 5.97. The van der Waals surface area contributed by atoms with E-state index in [0.29, 0.717) is 5.69 Å². The molecule has 1 aromatic carbocycles. The molecule has 0 aliphatic rings. The molecule has 0 saturated carbocycles. The zero-order valence-corrected chi connectivity index (χ0v) is 14.3. The smallest absolute Gasteiger partial charge is 0.244 e. The van der Waals surface area contributed by atoms with Gasteiger partial charge in [0.2, 0.25) is 11.8 Å². The Morgan fingerprint density at radius 3 is 2.14 bits per heavy atom. The van der Waals surface area contributed by atoms with Crippen LogP contribution >= 0.6 is 0 Å². The lowest BCUT2D eigenvalue weighted by Crippen LogP contribution is -2.48. The molecule has 1 N–H and O–H groups in total. The molecule has 0 aliphatic heterocycles. The third-order valence-corrected chi connectivity index (χ3v) is 3.00. The van der Waals surface area contributed by atoms with Crippen LogP contribution in [0.1, 0.15) is 41.5 Å². The molecule has 122 valence electrons. The van der Waals surface area contributed by atoms with Crippen molar-refractivity contribution in [3.05, 3.63) is 24.3 Å². The molecule has 5 nitrogen and oxygen atoms in total. The van der Waals surface area contributed by atoms with Gasteiger partial charge in [0.25, 0.3) is 0 Å². The molecule has 0 atom stereocenters. The molecular formula is C17H26N2O3. The van der Waals surface area contributed by atoms with E-state index in [0.717, 1.165) is 5.75 Å². The monoisotopic (exact) mass is 306 g/mol. The van der Waals surface area contributed by atoms with Gasteiger partial charge in [-0.25, -0.2) is 0 Å². The summed E-state index contributed by atoms with van der Waals surface area (Å²) in [7, 11) is 0. The first-order valence-electron chi connectivity index (χ1n) is 7.44. The lowest BCUT2D eigenvalue weighted by Gasteiger charge is -2.34. The Labute approximate surface area is 132 Å². The SMILES string of the molecule is CC(=O)N(CC(=O)Nc1ccc(OC(C)C)cc1)C(C)(C)C. The van der Waals surface area contributed by atoms with Gasteiger partial charge in [-0.05, 0) is 58.9 Å². The van der Waals surface area contributed by atoms with Crippen LogP contribution in [-0.2, 0) is 9.59 Å². The molecule has 1 aromatic rings. The van der Waals surface area contributed by atoms with Crippen molar-refractivity contribution in [2.24, 2.45) is 0 Å². The van der Waals surface area contributed by atoms with E-state index in [-0.39, 0.29) is 24.5 Å². The van der Waals surface area contributed by atoms with Gasteiger partial charge in [-0.2, -0.15) is 0 Å². The highest BCUT2D eigenvalue weighted by molar-refractivity contribution is 5.94. The molecule has 0 heterocycles. The number of carbonyl (C=O) groups is 2. The van der Waals surface area contributed by atoms with Crippen molar-refractivity contribution >= 4 is 17.5 Å². The van der Waals surface area contributed by atoms with Crippen molar-refractivity contribution in [2.75, 3.05) is 11.9 Å². The second-order valence-electron chi connectivity index (χ2n) is 6.52. The van der Waals surface area contributed by atoms with Gasteiger partial charge < -0.3 is 15.0 Å². The summed E-state index contributed by atoms with van der Waals surface area (Å²) in [5, 5.41) is 2.79. The minimum atomic E-state index is -0.391. The molecule has 0 unspecified atom stereocenters. The van der Waals surface area contributed by atoms with E-state index in [9.17, 15) is 9.59 Å². The van der Waals surface area contributed by atoms with Gasteiger partial charge in [-0.3, -0.25) is 9.59 Å². The number of nitrogens with one attached hydrogen (secondary N) is 1. The van der Waals surface area contributed by atoms with E-state index in [1.807, 2.05) is 46.8 Å². The molecule has 0 radical (unpaired) electrons. The molecule has 0 bridgehead atoms. The molecule has 0 saturated heterocycles. The van der Waals surface area contributed by atoms with Crippen LogP contribution in [0.15, 0.2) is 24.3 Å².